The van der Waals surface area contributed by atoms with Crippen molar-refractivity contribution in [1.82, 2.24) is 4.90 Å². The summed E-state index contributed by atoms with van der Waals surface area (Å²) in [7, 11) is 1.99. The van der Waals surface area contributed by atoms with Crippen LogP contribution < -0.4 is 10.6 Å². The molecule has 1 aromatic rings. The Morgan fingerprint density at radius 3 is 2.33 bits per heavy atom. The molecule has 0 unspecified atom stereocenters. The molecule has 1 heterocycles. The van der Waals surface area contributed by atoms with Crippen LogP contribution in [0.5, 0.6) is 0 Å². The predicted molar refractivity (Wildman–Crippen MR) is 77.8 cm³/mol. The van der Waals surface area contributed by atoms with Gasteiger partial charge in [0.2, 0.25) is 0 Å². The molecule has 0 saturated carbocycles. The van der Waals surface area contributed by atoms with Gasteiger partial charge in [-0.25, -0.2) is 8.78 Å². The van der Waals surface area contributed by atoms with Crippen LogP contribution in [0, 0.1) is 11.6 Å². The van der Waals surface area contributed by atoms with Crippen LogP contribution in [0.2, 0.25) is 0 Å². The molecular weight excluding hydrogens is 278 g/mol. The molecule has 1 fully saturated rings. The zero-order valence-electron chi connectivity index (χ0n) is 12.4. The minimum Gasteiger partial charge on any atom is -0.409 e. The van der Waals surface area contributed by atoms with Crippen molar-refractivity contribution in [2.75, 3.05) is 31.6 Å². The van der Waals surface area contributed by atoms with E-state index in [-0.39, 0.29) is 22.6 Å². The zero-order chi connectivity index (χ0) is 15.8. The van der Waals surface area contributed by atoms with Gasteiger partial charge in [0.05, 0.1) is 0 Å². The monoisotopic (exact) mass is 298 g/mol. The maximum atomic E-state index is 14.3. The molecule has 0 aliphatic carbocycles. The molecule has 0 atom stereocenters. The molecule has 5 nitrogen and oxygen atoms in total. The minimum atomic E-state index is -0.711. The van der Waals surface area contributed by atoms with Gasteiger partial charge in [-0.15, -0.1) is 0 Å². The highest BCUT2D eigenvalue weighted by atomic mass is 19.1. The van der Waals surface area contributed by atoms with Crippen LogP contribution in [0.25, 0.3) is 0 Å². The molecule has 0 amide bonds. The molecule has 0 spiro atoms. The van der Waals surface area contributed by atoms with Crippen molar-refractivity contribution in [3.8, 4) is 0 Å². The molecular formula is C14H20F2N4O. The number of rotatable bonds is 2. The minimum absolute atomic E-state index is 0.0182. The Morgan fingerprint density at radius 2 is 1.86 bits per heavy atom. The average Bonchev–Trinajstić information content (AvgIpc) is 2.40. The lowest BCUT2D eigenvalue weighted by Gasteiger charge is -2.46. The number of oxime groups is 1. The number of benzene rings is 1. The Balaban J connectivity index is 2.37. The van der Waals surface area contributed by atoms with Crippen molar-refractivity contribution < 1.29 is 14.0 Å². The second-order valence-electron chi connectivity index (χ2n) is 5.93. The van der Waals surface area contributed by atoms with Crippen molar-refractivity contribution in [1.29, 1.82) is 0 Å². The summed E-state index contributed by atoms with van der Waals surface area (Å²) in [6, 6.07) is 2.16. The Bertz CT molecular complexity index is 551. The van der Waals surface area contributed by atoms with Gasteiger partial charge in [-0.05, 0) is 33.0 Å². The Kier molecular flexibility index (Phi) is 4.04. The van der Waals surface area contributed by atoms with Crippen LogP contribution in [0.4, 0.5) is 14.5 Å². The standard InChI is InChI=1S/C14H20F2N4O/c1-14(2)8-20(5-4-19(14)3)12-10(15)6-9(7-11(12)16)13(17)18-21/h6-7,21H,4-5,8H2,1-3H3,(H2,17,18). The lowest BCUT2D eigenvalue weighted by atomic mass is 9.99. The van der Waals surface area contributed by atoms with E-state index in [0.29, 0.717) is 19.6 Å². The highest BCUT2D eigenvalue weighted by molar-refractivity contribution is 5.97. The highest BCUT2D eigenvalue weighted by Gasteiger charge is 2.33. The Hall–Kier alpha value is -1.89. The molecule has 1 aliphatic heterocycles. The van der Waals surface area contributed by atoms with E-state index in [1.165, 1.54) is 0 Å². The third-order valence-corrected chi connectivity index (χ3v) is 4.05. The first-order chi connectivity index (χ1) is 9.76. The topological polar surface area (TPSA) is 65.1 Å². The van der Waals surface area contributed by atoms with E-state index in [9.17, 15) is 8.78 Å². The quantitative estimate of drug-likeness (QED) is 0.377. The molecule has 21 heavy (non-hydrogen) atoms. The first-order valence-electron chi connectivity index (χ1n) is 6.69. The third-order valence-electron chi connectivity index (χ3n) is 4.05. The van der Waals surface area contributed by atoms with Crippen LogP contribution in [0.1, 0.15) is 19.4 Å². The van der Waals surface area contributed by atoms with Crippen LogP contribution in [0.3, 0.4) is 0 Å². The summed E-state index contributed by atoms with van der Waals surface area (Å²) in [5, 5.41) is 11.3. The van der Waals surface area contributed by atoms with E-state index in [1.807, 2.05) is 20.9 Å². The highest BCUT2D eigenvalue weighted by Crippen LogP contribution is 2.29. The van der Waals surface area contributed by atoms with Crippen molar-refractivity contribution >= 4 is 11.5 Å². The number of nitrogens with two attached hydrogens (primary N) is 1. The molecule has 1 saturated heterocycles. The van der Waals surface area contributed by atoms with Gasteiger partial charge >= 0.3 is 0 Å². The fourth-order valence-corrected chi connectivity index (χ4v) is 2.50. The van der Waals surface area contributed by atoms with E-state index >= 15 is 0 Å². The number of piperazine rings is 1. The van der Waals surface area contributed by atoms with E-state index in [0.717, 1.165) is 12.1 Å². The van der Waals surface area contributed by atoms with Crippen molar-refractivity contribution in [2.45, 2.75) is 19.4 Å². The number of hydrogen-bond acceptors (Lipinski definition) is 4. The largest absolute Gasteiger partial charge is 0.409 e. The fraction of sp³-hybridized carbons (Fsp3) is 0.500. The number of halogens is 2. The predicted octanol–water partition coefficient (Wildman–Crippen LogP) is 1.59. The van der Waals surface area contributed by atoms with Crippen LogP contribution >= 0.6 is 0 Å². The zero-order valence-corrected chi connectivity index (χ0v) is 12.4. The molecule has 116 valence electrons. The lowest BCUT2D eigenvalue weighted by molar-refractivity contribution is 0.138. The number of hydrogen-bond donors (Lipinski definition) is 2. The molecule has 7 heteroatoms. The van der Waals surface area contributed by atoms with Gasteiger partial charge in [0.1, 0.15) is 17.3 Å². The lowest BCUT2D eigenvalue weighted by Crippen LogP contribution is -2.58. The number of amidine groups is 1. The number of nitrogens with zero attached hydrogens (tertiary/aromatic N) is 3. The van der Waals surface area contributed by atoms with Crippen molar-refractivity contribution in [2.24, 2.45) is 10.9 Å². The summed E-state index contributed by atoms with van der Waals surface area (Å²) in [6.07, 6.45) is 0. The third kappa shape index (κ3) is 2.92. The van der Waals surface area contributed by atoms with Crippen molar-refractivity contribution in [3.05, 3.63) is 29.3 Å². The molecule has 2 rings (SSSR count). The normalized spacial score (nSPS) is 19.9. The van der Waals surface area contributed by atoms with Crippen molar-refractivity contribution in [3.63, 3.8) is 0 Å². The van der Waals surface area contributed by atoms with Gasteiger partial charge in [-0.1, -0.05) is 5.16 Å². The molecule has 0 aromatic heterocycles. The summed E-state index contributed by atoms with van der Waals surface area (Å²) in [4.78, 5) is 3.85. The smallest absolute Gasteiger partial charge is 0.170 e. The van der Waals surface area contributed by atoms with Crippen LogP contribution in [-0.4, -0.2) is 48.2 Å². The van der Waals surface area contributed by atoms with Crippen LogP contribution in [0.15, 0.2) is 17.3 Å². The fourth-order valence-electron chi connectivity index (χ4n) is 2.50. The van der Waals surface area contributed by atoms with Gasteiger partial charge in [0, 0.05) is 30.7 Å². The Labute approximate surface area is 122 Å². The van der Waals surface area contributed by atoms with E-state index in [4.69, 9.17) is 10.9 Å². The Morgan fingerprint density at radius 1 is 1.29 bits per heavy atom. The van der Waals surface area contributed by atoms with Gasteiger partial charge in [0.15, 0.2) is 5.84 Å². The van der Waals surface area contributed by atoms with Gasteiger partial charge in [-0.3, -0.25) is 4.90 Å². The molecule has 1 aromatic carbocycles. The first kappa shape index (κ1) is 15.5. The SMILES string of the molecule is CN1CCN(c2c(F)cc(C(N)=NO)cc2F)CC1(C)C. The average molecular weight is 298 g/mol. The summed E-state index contributed by atoms with van der Waals surface area (Å²) in [5.74, 6) is -1.74. The number of anilines is 1. The van der Waals surface area contributed by atoms with Gasteiger partial charge in [0.25, 0.3) is 0 Å². The summed E-state index contributed by atoms with van der Waals surface area (Å²) in [5.41, 5.74) is 5.14. The van der Waals surface area contributed by atoms with E-state index in [1.54, 1.807) is 4.90 Å². The van der Waals surface area contributed by atoms with Gasteiger partial charge in [-0.2, -0.15) is 0 Å². The van der Waals surface area contributed by atoms with E-state index < -0.39 is 11.6 Å². The first-order valence-corrected chi connectivity index (χ1v) is 6.69. The van der Waals surface area contributed by atoms with E-state index in [2.05, 4.69) is 10.1 Å². The maximum Gasteiger partial charge on any atom is 0.170 e. The molecule has 0 bridgehead atoms. The summed E-state index contributed by atoms with van der Waals surface area (Å²) in [6.45, 7) is 5.82. The number of likely N-dealkylation sites (N-methyl/N-ethyl adjacent to an activating group) is 1. The second kappa shape index (κ2) is 5.48. The molecule has 0 radical (unpaired) electrons. The van der Waals surface area contributed by atoms with Crippen LogP contribution in [-0.2, 0) is 0 Å². The second-order valence-corrected chi connectivity index (χ2v) is 5.93. The molecule has 3 N–H and O–H groups in total. The molecule has 1 aliphatic rings. The maximum absolute atomic E-state index is 14.3. The summed E-state index contributed by atoms with van der Waals surface area (Å²) >= 11 is 0. The summed E-state index contributed by atoms with van der Waals surface area (Å²) < 4.78 is 28.5. The van der Waals surface area contributed by atoms with Gasteiger partial charge < -0.3 is 15.8 Å².